The Morgan fingerprint density at radius 3 is 2.27 bits per heavy atom. The molecule has 0 radical (unpaired) electrons. The van der Waals surface area contributed by atoms with Crippen LogP contribution in [-0.2, 0) is 4.74 Å². The molecule has 0 unspecified atom stereocenters. The zero-order valence-electron chi connectivity index (χ0n) is 14.7. The molecule has 0 amide bonds. The number of carbonyl (C=O) groups is 2. The Morgan fingerprint density at radius 1 is 1.12 bits per heavy atom. The third-order valence-corrected chi connectivity index (χ3v) is 3.73. The number of nitrogens with zero attached hydrogens (tertiary/aromatic N) is 1. The fraction of sp³-hybridized carbons (Fsp3) is 0.263. The van der Waals surface area contributed by atoms with Gasteiger partial charge in [0.2, 0.25) is 5.78 Å². The topological polar surface area (TPSA) is 95.7 Å². The van der Waals surface area contributed by atoms with Crippen molar-refractivity contribution in [3.05, 3.63) is 69.3 Å². The molecule has 0 heterocycles. The molecular weight excluding hydrogens is 338 g/mol. The Bertz CT molecular complexity index is 828. The molecule has 0 saturated carbocycles. The number of nitro groups is 1. The lowest BCUT2D eigenvalue weighted by molar-refractivity contribution is -0.385. The van der Waals surface area contributed by atoms with Gasteiger partial charge in [0.25, 0.3) is 5.69 Å². The van der Waals surface area contributed by atoms with Crippen molar-refractivity contribution in [3.63, 3.8) is 0 Å². The van der Waals surface area contributed by atoms with Gasteiger partial charge in [-0.15, -0.1) is 0 Å². The summed E-state index contributed by atoms with van der Waals surface area (Å²) in [6, 6.07) is 10.5. The van der Waals surface area contributed by atoms with Crippen LogP contribution >= 0.6 is 0 Å². The van der Waals surface area contributed by atoms with Gasteiger partial charge in [0, 0.05) is 17.2 Å². The fourth-order valence-electron chi connectivity index (χ4n) is 2.39. The van der Waals surface area contributed by atoms with Crippen LogP contribution in [0.25, 0.3) is 0 Å². The summed E-state index contributed by atoms with van der Waals surface area (Å²) in [6.07, 6.45) is -0.990. The summed E-state index contributed by atoms with van der Waals surface area (Å²) in [5.41, 5.74) is 0.808. The lowest BCUT2D eigenvalue weighted by Gasteiger charge is -2.13. The number of nitro benzene ring substituents is 1. The van der Waals surface area contributed by atoms with Crippen LogP contribution in [0.15, 0.2) is 42.5 Å². The van der Waals surface area contributed by atoms with E-state index >= 15 is 0 Å². The molecule has 2 aromatic carbocycles. The van der Waals surface area contributed by atoms with E-state index in [0.29, 0.717) is 23.5 Å². The zero-order chi connectivity index (χ0) is 19.3. The largest absolute Gasteiger partial charge is 0.494 e. The Hall–Kier alpha value is -3.22. The third-order valence-electron chi connectivity index (χ3n) is 3.73. The number of hydrogen-bond acceptors (Lipinski definition) is 6. The average molecular weight is 357 g/mol. The summed E-state index contributed by atoms with van der Waals surface area (Å²) in [6.45, 7) is 5.40. The molecule has 1 atom stereocenters. The Labute approximate surface area is 150 Å². The predicted octanol–water partition coefficient (Wildman–Crippen LogP) is 3.73. The van der Waals surface area contributed by atoms with Crippen LogP contribution < -0.4 is 4.74 Å². The smallest absolute Gasteiger partial charge is 0.338 e. The first kappa shape index (κ1) is 19.1. The van der Waals surface area contributed by atoms with Crippen LogP contribution in [0.3, 0.4) is 0 Å². The summed E-state index contributed by atoms with van der Waals surface area (Å²) in [7, 11) is 0. The molecule has 0 spiro atoms. The molecule has 2 rings (SSSR count). The second kappa shape index (κ2) is 8.24. The Kier molecular flexibility index (Phi) is 6.06. The summed E-state index contributed by atoms with van der Waals surface area (Å²) in [5, 5.41) is 10.8. The second-order valence-electron chi connectivity index (χ2n) is 5.63. The lowest BCUT2D eigenvalue weighted by Crippen LogP contribution is -2.24. The maximum Gasteiger partial charge on any atom is 0.338 e. The van der Waals surface area contributed by atoms with Gasteiger partial charge in [-0.1, -0.05) is 0 Å². The molecule has 0 aliphatic rings. The number of esters is 1. The van der Waals surface area contributed by atoms with Gasteiger partial charge in [-0.2, -0.15) is 0 Å². The minimum absolute atomic E-state index is 0.0833. The van der Waals surface area contributed by atoms with E-state index in [1.807, 2.05) is 6.92 Å². The first-order chi connectivity index (χ1) is 12.3. The van der Waals surface area contributed by atoms with E-state index in [-0.39, 0.29) is 17.0 Å². The van der Waals surface area contributed by atoms with Crippen molar-refractivity contribution in [1.29, 1.82) is 0 Å². The zero-order valence-corrected chi connectivity index (χ0v) is 14.7. The summed E-state index contributed by atoms with van der Waals surface area (Å²) < 4.78 is 10.5. The van der Waals surface area contributed by atoms with E-state index in [0.717, 1.165) is 0 Å². The summed E-state index contributed by atoms with van der Waals surface area (Å²) in [4.78, 5) is 34.9. The molecular formula is C19H19NO6. The number of rotatable bonds is 7. The third kappa shape index (κ3) is 4.44. The predicted molar refractivity (Wildman–Crippen MR) is 94.7 cm³/mol. The van der Waals surface area contributed by atoms with Crippen LogP contribution in [-0.4, -0.2) is 29.4 Å². The normalized spacial score (nSPS) is 11.5. The molecule has 7 heteroatoms. The number of ketones is 1. The Morgan fingerprint density at radius 2 is 1.73 bits per heavy atom. The molecule has 0 N–H and O–H groups in total. The van der Waals surface area contributed by atoms with Gasteiger partial charge in [0.05, 0.1) is 17.1 Å². The molecule has 0 bridgehead atoms. The summed E-state index contributed by atoms with van der Waals surface area (Å²) >= 11 is 0. The minimum Gasteiger partial charge on any atom is -0.494 e. The molecule has 0 fully saturated rings. The van der Waals surface area contributed by atoms with Crippen molar-refractivity contribution in [3.8, 4) is 5.75 Å². The highest BCUT2D eigenvalue weighted by atomic mass is 16.6. The molecule has 136 valence electrons. The molecule has 7 nitrogen and oxygen atoms in total. The maximum absolute atomic E-state index is 12.4. The molecule has 26 heavy (non-hydrogen) atoms. The van der Waals surface area contributed by atoms with Gasteiger partial charge in [0.15, 0.2) is 6.10 Å². The molecule has 2 aromatic rings. The van der Waals surface area contributed by atoms with Gasteiger partial charge >= 0.3 is 5.97 Å². The van der Waals surface area contributed by atoms with Crippen LogP contribution in [0, 0.1) is 17.0 Å². The van der Waals surface area contributed by atoms with Gasteiger partial charge < -0.3 is 9.47 Å². The first-order valence-corrected chi connectivity index (χ1v) is 8.06. The van der Waals surface area contributed by atoms with Gasteiger partial charge in [-0.05, 0) is 57.2 Å². The quantitative estimate of drug-likeness (QED) is 0.324. The van der Waals surface area contributed by atoms with Crippen molar-refractivity contribution in [1.82, 2.24) is 0 Å². The van der Waals surface area contributed by atoms with Crippen molar-refractivity contribution < 1.29 is 24.0 Å². The number of hydrogen-bond donors (Lipinski definition) is 0. The summed E-state index contributed by atoms with van der Waals surface area (Å²) in [5.74, 6) is -0.412. The lowest BCUT2D eigenvalue weighted by atomic mass is 10.1. The van der Waals surface area contributed by atoms with E-state index in [1.165, 1.54) is 32.0 Å². The maximum atomic E-state index is 12.4. The molecule has 0 saturated heterocycles. The molecule has 0 aromatic heterocycles. The van der Waals surface area contributed by atoms with E-state index < -0.39 is 17.0 Å². The van der Waals surface area contributed by atoms with Gasteiger partial charge in [-0.25, -0.2) is 4.79 Å². The van der Waals surface area contributed by atoms with Crippen LogP contribution in [0.1, 0.15) is 40.1 Å². The number of carbonyl (C=O) groups excluding carboxylic acids is 2. The molecule has 0 aliphatic heterocycles. The van der Waals surface area contributed by atoms with Crippen molar-refractivity contribution in [2.24, 2.45) is 0 Å². The highest BCUT2D eigenvalue weighted by molar-refractivity contribution is 6.01. The monoisotopic (exact) mass is 357 g/mol. The number of Topliss-reactive ketones (excluding diaryl/α,β-unsaturated/α-hetero) is 1. The standard InChI is InChI=1S/C19H19NO6/c1-4-25-16-8-5-14(6-9-16)18(21)13(3)26-19(22)15-7-10-17(20(23)24)12(2)11-15/h5-11,13H,4H2,1-3H3/t13-/m1/s1. The van der Waals surface area contributed by atoms with Crippen molar-refractivity contribution in [2.45, 2.75) is 26.9 Å². The van der Waals surface area contributed by atoms with Crippen molar-refractivity contribution >= 4 is 17.4 Å². The number of aryl methyl sites for hydroxylation is 1. The van der Waals surface area contributed by atoms with Gasteiger partial charge in [-0.3, -0.25) is 14.9 Å². The Balaban J connectivity index is 2.07. The number of ether oxygens (including phenoxy) is 2. The van der Waals surface area contributed by atoms with E-state index in [1.54, 1.807) is 24.3 Å². The average Bonchev–Trinajstić information content (AvgIpc) is 2.61. The van der Waals surface area contributed by atoms with E-state index in [4.69, 9.17) is 9.47 Å². The van der Waals surface area contributed by atoms with Crippen LogP contribution in [0.4, 0.5) is 5.69 Å². The van der Waals surface area contributed by atoms with Crippen LogP contribution in [0.2, 0.25) is 0 Å². The first-order valence-electron chi connectivity index (χ1n) is 8.06. The SMILES string of the molecule is CCOc1ccc(C(=O)[C@@H](C)OC(=O)c2ccc([N+](=O)[O-])c(C)c2)cc1. The molecule has 0 aliphatic carbocycles. The fourth-order valence-corrected chi connectivity index (χ4v) is 2.39. The number of benzene rings is 2. The van der Waals surface area contributed by atoms with Crippen molar-refractivity contribution in [2.75, 3.05) is 6.61 Å². The highest BCUT2D eigenvalue weighted by Gasteiger charge is 2.21. The minimum atomic E-state index is -0.990. The van der Waals surface area contributed by atoms with Crippen LogP contribution in [0.5, 0.6) is 5.75 Å². The second-order valence-corrected chi connectivity index (χ2v) is 5.63. The highest BCUT2D eigenvalue weighted by Crippen LogP contribution is 2.20. The van der Waals surface area contributed by atoms with Gasteiger partial charge in [0.1, 0.15) is 5.75 Å². The van der Waals surface area contributed by atoms with E-state index in [2.05, 4.69) is 0 Å². The van der Waals surface area contributed by atoms with E-state index in [9.17, 15) is 19.7 Å².